The zero-order chi connectivity index (χ0) is 24.5. The molecule has 1 amide bonds. The van der Waals surface area contributed by atoms with Crippen molar-refractivity contribution in [1.29, 1.82) is 0 Å². The van der Waals surface area contributed by atoms with E-state index in [0.717, 1.165) is 0 Å². The predicted octanol–water partition coefficient (Wildman–Crippen LogP) is 5.79. The number of nitrogens with zero attached hydrogens (tertiary/aromatic N) is 1. The van der Waals surface area contributed by atoms with Crippen LogP contribution in [0.5, 0.6) is 17.2 Å². The van der Waals surface area contributed by atoms with Gasteiger partial charge in [-0.2, -0.15) is 5.10 Å². The summed E-state index contributed by atoms with van der Waals surface area (Å²) in [6.45, 7) is 1.85. The Morgan fingerprint density at radius 1 is 0.912 bits per heavy atom. The largest absolute Gasteiger partial charge is 0.490 e. The van der Waals surface area contributed by atoms with E-state index in [1.807, 2.05) is 0 Å². The highest BCUT2D eigenvalue weighted by Crippen LogP contribution is 2.30. The summed E-state index contributed by atoms with van der Waals surface area (Å²) in [6.07, 6.45) is 1.41. The Morgan fingerprint density at radius 3 is 2.41 bits per heavy atom. The van der Waals surface area contributed by atoms with Crippen molar-refractivity contribution < 1.29 is 23.8 Å². The lowest BCUT2D eigenvalue weighted by atomic mass is 10.2. The van der Waals surface area contributed by atoms with Crippen molar-refractivity contribution in [3.05, 3.63) is 86.9 Å². The number of nitrogens with one attached hydrogen (secondary N) is 1. The standard InChI is InChI=1S/C24H19Cl3N2O5/c1-2-32-22-11-15(7-9-21(22)34-24(31)17-5-3-4-6-18(17)26)13-28-29-23(30)14-33-20-10-8-16(25)12-19(20)27/h3-13H,2,14H2,1H3,(H,29,30)/b28-13-. The van der Waals surface area contributed by atoms with Gasteiger partial charge in [0.2, 0.25) is 0 Å². The maximum Gasteiger partial charge on any atom is 0.345 e. The Labute approximate surface area is 211 Å². The molecule has 3 aromatic rings. The summed E-state index contributed by atoms with van der Waals surface area (Å²) in [5.41, 5.74) is 3.19. The SMILES string of the molecule is CCOc1cc(/C=N\NC(=O)COc2ccc(Cl)cc2Cl)ccc1OC(=O)c1ccccc1Cl. The fraction of sp³-hybridized carbons (Fsp3) is 0.125. The van der Waals surface area contributed by atoms with Gasteiger partial charge in [0.1, 0.15) is 5.75 Å². The minimum Gasteiger partial charge on any atom is -0.490 e. The number of hydrogen-bond donors (Lipinski definition) is 1. The zero-order valence-corrected chi connectivity index (χ0v) is 20.2. The first kappa shape index (κ1) is 25.4. The Kier molecular flexibility index (Phi) is 9.16. The summed E-state index contributed by atoms with van der Waals surface area (Å²) in [6, 6.07) is 16.1. The summed E-state index contributed by atoms with van der Waals surface area (Å²) in [5.74, 6) is -0.216. The molecule has 0 aliphatic rings. The van der Waals surface area contributed by atoms with Crippen LogP contribution < -0.4 is 19.6 Å². The lowest BCUT2D eigenvalue weighted by molar-refractivity contribution is -0.123. The number of halogens is 3. The molecule has 1 N–H and O–H groups in total. The molecule has 0 aromatic heterocycles. The summed E-state index contributed by atoms with van der Waals surface area (Å²) in [4.78, 5) is 24.4. The molecule has 3 rings (SSSR count). The molecule has 0 saturated carbocycles. The van der Waals surface area contributed by atoms with Crippen LogP contribution in [0.25, 0.3) is 0 Å². The number of hydrogen-bond acceptors (Lipinski definition) is 6. The summed E-state index contributed by atoms with van der Waals surface area (Å²) in [7, 11) is 0. The second kappa shape index (κ2) is 12.3. The summed E-state index contributed by atoms with van der Waals surface area (Å²) < 4.78 is 16.4. The van der Waals surface area contributed by atoms with Crippen molar-refractivity contribution in [1.82, 2.24) is 5.43 Å². The van der Waals surface area contributed by atoms with Gasteiger partial charge >= 0.3 is 5.97 Å². The van der Waals surface area contributed by atoms with Gasteiger partial charge in [-0.3, -0.25) is 4.79 Å². The van der Waals surface area contributed by atoms with E-state index in [9.17, 15) is 9.59 Å². The van der Waals surface area contributed by atoms with Gasteiger partial charge in [-0.15, -0.1) is 0 Å². The first-order chi connectivity index (χ1) is 16.4. The Bertz CT molecular complexity index is 1220. The fourth-order valence-electron chi connectivity index (χ4n) is 2.69. The van der Waals surface area contributed by atoms with Crippen LogP contribution in [0.4, 0.5) is 0 Å². The maximum atomic E-state index is 12.5. The van der Waals surface area contributed by atoms with Crippen LogP contribution in [-0.4, -0.2) is 31.3 Å². The molecule has 0 aliphatic carbocycles. The second-order valence-electron chi connectivity index (χ2n) is 6.67. The number of amides is 1. The van der Waals surface area contributed by atoms with Crippen molar-refractivity contribution in [3.63, 3.8) is 0 Å². The quantitative estimate of drug-likeness (QED) is 0.167. The Balaban J connectivity index is 1.61. The van der Waals surface area contributed by atoms with Crippen LogP contribution in [0.3, 0.4) is 0 Å². The third kappa shape index (κ3) is 7.12. The van der Waals surface area contributed by atoms with Gasteiger partial charge in [-0.05, 0) is 61.0 Å². The van der Waals surface area contributed by atoms with Crippen molar-refractivity contribution >= 4 is 52.9 Å². The topological polar surface area (TPSA) is 86.2 Å². The van der Waals surface area contributed by atoms with Gasteiger partial charge < -0.3 is 14.2 Å². The molecular weight excluding hydrogens is 503 g/mol. The number of hydrazone groups is 1. The average molecular weight is 522 g/mol. The number of ether oxygens (including phenoxy) is 3. The maximum absolute atomic E-state index is 12.5. The number of carbonyl (C=O) groups excluding carboxylic acids is 2. The van der Waals surface area contributed by atoms with Crippen LogP contribution in [0.15, 0.2) is 65.8 Å². The number of esters is 1. The number of carbonyl (C=O) groups is 2. The molecule has 0 radical (unpaired) electrons. The minimum absolute atomic E-state index is 0.223. The van der Waals surface area contributed by atoms with Crippen LogP contribution in [0.2, 0.25) is 15.1 Å². The lowest BCUT2D eigenvalue weighted by Crippen LogP contribution is -2.24. The van der Waals surface area contributed by atoms with Gasteiger partial charge in [0.15, 0.2) is 18.1 Å². The molecule has 0 atom stereocenters. The molecule has 0 aliphatic heterocycles. The molecule has 10 heteroatoms. The van der Waals surface area contributed by atoms with E-state index in [0.29, 0.717) is 33.7 Å². The molecule has 3 aromatic carbocycles. The van der Waals surface area contributed by atoms with Gasteiger partial charge in [0.25, 0.3) is 5.91 Å². The van der Waals surface area contributed by atoms with Gasteiger partial charge in [-0.25, -0.2) is 10.2 Å². The van der Waals surface area contributed by atoms with E-state index in [1.54, 1.807) is 61.5 Å². The molecule has 176 valence electrons. The van der Waals surface area contributed by atoms with Crippen molar-refractivity contribution in [2.75, 3.05) is 13.2 Å². The molecule has 34 heavy (non-hydrogen) atoms. The lowest BCUT2D eigenvalue weighted by Gasteiger charge is -2.12. The smallest absolute Gasteiger partial charge is 0.345 e. The third-order valence-corrected chi connectivity index (χ3v) is 5.08. The normalized spacial score (nSPS) is 10.7. The van der Waals surface area contributed by atoms with Gasteiger partial charge in [-0.1, -0.05) is 46.9 Å². The molecule has 0 saturated heterocycles. The van der Waals surface area contributed by atoms with Crippen LogP contribution >= 0.6 is 34.8 Å². The zero-order valence-electron chi connectivity index (χ0n) is 17.9. The van der Waals surface area contributed by atoms with Crippen LogP contribution in [-0.2, 0) is 4.79 Å². The van der Waals surface area contributed by atoms with Crippen molar-refractivity contribution in [2.45, 2.75) is 6.92 Å². The highest BCUT2D eigenvalue weighted by Gasteiger charge is 2.15. The van der Waals surface area contributed by atoms with Gasteiger partial charge in [0.05, 0.1) is 28.4 Å². The van der Waals surface area contributed by atoms with Gasteiger partial charge in [0, 0.05) is 5.02 Å². The number of benzene rings is 3. The molecule has 0 heterocycles. The molecule has 0 bridgehead atoms. The minimum atomic E-state index is -0.610. The first-order valence-electron chi connectivity index (χ1n) is 10.0. The highest BCUT2D eigenvalue weighted by atomic mass is 35.5. The van der Waals surface area contributed by atoms with E-state index in [1.165, 1.54) is 12.3 Å². The van der Waals surface area contributed by atoms with E-state index in [-0.39, 0.29) is 22.9 Å². The monoisotopic (exact) mass is 520 g/mol. The third-order valence-electron chi connectivity index (χ3n) is 4.22. The van der Waals surface area contributed by atoms with Crippen LogP contribution in [0, 0.1) is 0 Å². The predicted molar refractivity (Wildman–Crippen MR) is 132 cm³/mol. The molecular formula is C24H19Cl3N2O5. The Hall–Kier alpha value is -3.26. The van der Waals surface area contributed by atoms with E-state index in [2.05, 4.69) is 10.5 Å². The van der Waals surface area contributed by atoms with Crippen LogP contribution in [0.1, 0.15) is 22.8 Å². The molecule has 0 unspecified atom stereocenters. The molecule has 0 spiro atoms. The molecule has 7 nitrogen and oxygen atoms in total. The first-order valence-corrected chi connectivity index (χ1v) is 11.1. The van der Waals surface area contributed by atoms with E-state index < -0.39 is 11.9 Å². The summed E-state index contributed by atoms with van der Waals surface area (Å²) >= 11 is 17.9. The number of rotatable bonds is 9. The fourth-order valence-corrected chi connectivity index (χ4v) is 3.36. The van der Waals surface area contributed by atoms with Crippen molar-refractivity contribution in [3.8, 4) is 17.2 Å². The molecule has 0 fully saturated rings. The van der Waals surface area contributed by atoms with E-state index >= 15 is 0 Å². The van der Waals surface area contributed by atoms with Crippen molar-refractivity contribution in [2.24, 2.45) is 5.10 Å². The summed E-state index contributed by atoms with van der Waals surface area (Å²) in [5, 5.41) is 4.94. The van der Waals surface area contributed by atoms with E-state index in [4.69, 9.17) is 49.0 Å². The average Bonchev–Trinajstić information content (AvgIpc) is 2.80. The highest BCUT2D eigenvalue weighted by molar-refractivity contribution is 6.35. The Morgan fingerprint density at radius 2 is 1.68 bits per heavy atom. The second-order valence-corrected chi connectivity index (χ2v) is 7.92.